The molecule has 0 aromatic rings. The van der Waals surface area contributed by atoms with Crippen molar-refractivity contribution in [3.05, 3.63) is 12.2 Å². The van der Waals surface area contributed by atoms with Gasteiger partial charge in [0.2, 0.25) is 0 Å². The van der Waals surface area contributed by atoms with E-state index in [9.17, 15) is 4.79 Å². The SMILES string of the molecule is C=C(C)COC(=O)C1CCC2OC2(CCC)C1. The molecule has 3 nitrogen and oxygen atoms in total. The lowest BCUT2D eigenvalue weighted by atomic mass is 9.79. The first-order valence-electron chi connectivity index (χ1n) is 6.56. The molecule has 1 saturated carbocycles. The van der Waals surface area contributed by atoms with Crippen LogP contribution in [0.15, 0.2) is 12.2 Å². The van der Waals surface area contributed by atoms with Crippen LogP contribution in [0.5, 0.6) is 0 Å². The summed E-state index contributed by atoms with van der Waals surface area (Å²) in [6.07, 6.45) is 5.36. The van der Waals surface area contributed by atoms with Gasteiger partial charge in [-0.05, 0) is 38.2 Å². The Labute approximate surface area is 103 Å². The van der Waals surface area contributed by atoms with Gasteiger partial charge >= 0.3 is 5.97 Å². The van der Waals surface area contributed by atoms with E-state index in [0.29, 0.717) is 12.7 Å². The van der Waals surface area contributed by atoms with Crippen LogP contribution in [0.25, 0.3) is 0 Å². The van der Waals surface area contributed by atoms with Crippen LogP contribution in [-0.2, 0) is 14.3 Å². The minimum absolute atomic E-state index is 0.0138. The second kappa shape index (κ2) is 4.81. The fourth-order valence-corrected chi connectivity index (χ4v) is 2.88. The molecule has 96 valence electrons. The van der Waals surface area contributed by atoms with Gasteiger partial charge in [0.1, 0.15) is 6.61 Å². The molecular formula is C14H22O3. The molecule has 3 unspecified atom stereocenters. The van der Waals surface area contributed by atoms with Crippen LogP contribution in [0.1, 0.15) is 46.0 Å². The number of carbonyl (C=O) groups excluding carboxylic acids is 1. The van der Waals surface area contributed by atoms with E-state index in [2.05, 4.69) is 13.5 Å². The highest BCUT2D eigenvalue weighted by molar-refractivity contribution is 5.73. The van der Waals surface area contributed by atoms with Gasteiger partial charge in [-0.2, -0.15) is 0 Å². The van der Waals surface area contributed by atoms with Gasteiger partial charge in [0.25, 0.3) is 0 Å². The van der Waals surface area contributed by atoms with Gasteiger partial charge < -0.3 is 9.47 Å². The summed E-state index contributed by atoms with van der Waals surface area (Å²) < 4.78 is 11.0. The highest BCUT2D eigenvalue weighted by atomic mass is 16.6. The van der Waals surface area contributed by atoms with E-state index in [1.54, 1.807) is 0 Å². The smallest absolute Gasteiger partial charge is 0.309 e. The molecule has 2 fully saturated rings. The Morgan fingerprint density at radius 1 is 1.53 bits per heavy atom. The summed E-state index contributed by atoms with van der Waals surface area (Å²) in [4.78, 5) is 11.9. The molecule has 0 aromatic carbocycles. The van der Waals surface area contributed by atoms with Crippen molar-refractivity contribution in [3.8, 4) is 0 Å². The lowest BCUT2D eigenvalue weighted by Crippen LogP contribution is -2.31. The lowest BCUT2D eigenvalue weighted by Gasteiger charge is -2.24. The third-order valence-corrected chi connectivity index (χ3v) is 3.74. The molecule has 0 N–H and O–H groups in total. The Morgan fingerprint density at radius 2 is 2.29 bits per heavy atom. The molecule has 0 bridgehead atoms. The molecule has 1 saturated heterocycles. The van der Waals surface area contributed by atoms with Gasteiger partial charge in [0, 0.05) is 0 Å². The predicted octanol–water partition coefficient (Wildman–Crippen LogP) is 2.84. The highest BCUT2D eigenvalue weighted by Crippen LogP contribution is 2.52. The molecule has 0 radical (unpaired) electrons. The van der Waals surface area contributed by atoms with Crippen LogP contribution in [0, 0.1) is 5.92 Å². The van der Waals surface area contributed by atoms with Crippen molar-refractivity contribution in [3.63, 3.8) is 0 Å². The second-order valence-electron chi connectivity index (χ2n) is 5.46. The number of hydrogen-bond donors (Lipinski definition) is 0. The standard InChI is InChI=1S/C14H22O3/c1-4-7-14-8-11(5-6-12(14)17-14)13(15)16-9-10(2)3/h11-12H,2,4-9H2,1,3H3. The van der Waals surface area contributed by atoms with Crippen LogP contribution in [0.4, 0.5) is 0 Å². The van der Waals surface area contributed by atoms with Crippen molar-refractivity contribution in [1.29, 1.82) is 0 Å². The van der Waals surface area contributed by atoms with Crippen molar-refractivity contribution in [2.45, 2.75) is 57.7 Å². The number of carbonyl (C=O) groups is 1. The topological polar surface area (TPSA) is 38.8 Å². The molecule has 1 aliphatic carbocycles. The molecule has 3 heteroatoms. The quantitative estimate of drug-likeness (QED) is 0.420. The van der Waals surface area contributed by atoms with Crippen LogP contribution < -0.4 is 0 Å². The minimum atomic E-state index is -0.0718. The first kappa shape index (κ1) is 12.6. The molecule has 17 heavy (non-hydrogen) atoms. The lowest BCUT2D eigenvalue weighted by molar-refractivity contribution is -0.148. The number of epoxide rings is 1. The average molecular weight is 238 g/mol. The maximum atomic E-state index is 11.9. The molecule has 1 heterocycles. The Hall–Kier alpha value is -0.830. The van der Waals surface area contributed by atoms with E-state index in [-0.39, 0.29) is 17.5 Å². The van der Waals surface area contributed by atoms with Crippen LogP contribution in [0.3, 0.4) is 0 Å². The molecular weight excluding hydrogens is 216 g/mol. The van der Waals surface area contributed by atoms with E-state index >= 15 is 0 Å². The van der Waals surface area contributed by atoms with E-state index < -0.39 is 0 Å². The van der Waals surface area contributed by atoms with Crippen molar-refractivity contribution in [1.82, 2.24) is 0 Å². The molecule has 2 rings (SSSR count). The van der Waals surface area contributed by atoms with Crippen molar-refractivity contribution in [2.75, 3.05) is 6.61 Å². The van der Waals surface area contributed by atoms with Crippen molar-refractivity contribution >= 4 is 5.97 Å². The van der Waals surface area contributed by atoms with Gasteiger partial charge in [0.05, 0.1) is 17.6 Å². The van der Waals surface area contributed by atoms with E-state index in [0.717, 1.165) is 37.7 Å². The summed E-state index contributed by atoms with van der Waals surface area (Å²) in [6.45, 7) is 8.12. The summed E-state index contributed by atoms with van der Waals surface area (Å²) in [5.41, 5.74) is 0.901. The van der Waals surface area contributed by atoms with Crippen molar-refractivity contribution < 1.29 is 14.3 Å². The third-order valence-electron chi connectivity index (χ3n) is 3.74. The summed E-state index contributed by atoms with van der Waals surface area (Å²) in [7, 11) is 0. The summed E-state index contributed by atoms with van der Waals surface area (Å²) >= 11 is 0. The molecule has 0 amide bonds. The number of hydrogen-bond acceptors (Lipinski definition) is 3. The average Bonchev–Trinajstić information content (AvgIpc) is 2.99. The third kappa shape index (κ3) is 2.71. The summed E-state index contributed by atoms with van der Waals surface area (Å²) in [5, 5.41) is 0. The molecule has 0 spiro atoms. The van der Waals surface area contributed by atoms with Gasteiger partial charge in [-0.25, -0.2) is 0 Å². The maximum Gasteiger partial charge on any atom is 0.309 e. The Bertz CT molecular complexity index is 323. The Balaban J connectivity index is 1.86. The van der Waals surface area contributed by atoms with Gasteiger partial charge in [0.15, 0.2) is 0 Å². The predicted molar refractivity (Wildman–Crippen MR) is 65.6 cm³/mol. The Morgan fingerprint density at radius 3 is 2.94 bits per heavy atom. The van der Waals surface area contributed by atoms with Crippen LogP contribution in [0.2, 0.25) is 0 Å². The summed E-state index contributed by atoms with van der Waals surface area (Å²) in [6, 6.07) is 0. The molecule has 0 aromatic heterocycles. The minimum Gasteiger partial charge on any atom is -0.461 e. The number of esters is 1. The Kier molecular flexibility index (Phi) is 3.57. The first-order valence-corrected chi connectivity index (χ1v) is 6.56. The fourth-order valence-electron chi connectivity index (χ4n) is 2.88. The molecule has 2 aliphatic rings. The number of ether oxygens (including phenoxy) is 2. The van der Waals surface area contributed by atoms with Gasteiger partial charge in [-0.1, -0.05) is 19.9 Å². The molecule has 1 aliphatic heterocycles. The van der Waals surface area contributed by atoms with E-state index in [4.69, 9.17) is 9.47 Å². The van der Waals surface area contributed by atoms with E-state index in [1.165, 1.54) is 0 Å². The number of rotatable bonds is 5. The summed E-state index contributed by atoms with van der Waals surface area (Å²) in [5.74, 6) is -0.0444. The monoisotopic (exact) mass is 238 g/mol. The van der Waals surface area contributed by atoms with Gasteiger partial charge in [-0.3, -0.25) is 4.79 Å². The maximum absolute atomic E-state index is 11.9. The molecule has 3 atom stereocenters. The zero-order valence-corrected chi connectivity index (χ0v) is 10.8. The van der Waals surface area contributed by atoms with Gasteiger partial charge in [-0.15, -0.1) is 0 Å². The van der Waals surface area contributed by atoms with Crippen molar-refractivity contribution in [2.24, 2.45) is 5.92 Å². The largest absolute Gasteiger partial charge is 0.461 e. The van der Waals surface area contributed by atoms with Crippen LogP contribution in [-0.4, -0.2) is 24.3 Å². The first-order chi connectivity index (χ1) is 8.07. The fraction of sp³-hybridized carbons (Fsp3) is 0.786. The number of fused-ring (bicyclic) bond motifs is 1. The zero-order valence-electron chi connectivity index (χ0n) is 10.8. The zero-order chi connectivity index (χ0) is 12.5. The van der Waals surface area contributed by atoms with Crippen LogP contribution >= 0.6 is 0 Å². The highest BCUT2D eigenvalue weighted by Gasteiger charge is 2.59. The van der Waals surface area contributed by atoms with E-state index in [1.807, 2.05) is 6.92 Å². The second-order valence-corrected chi connectivity index (χ2v) is 5.46. The normalized spacial score (nSPS) is 34.9.